The van der Waals surface area contributed by atoms with Crippen LogP contribution < -0.4 is 5.73 Å². The number of hydrogen-bond donors (Lipinski definition) is 1. The normalized spacial score (nSPS) is 13.1. The van der Waals surface area contributed by atoms with E-state index in [2.05, 4.69) is 31.2 Å². The average molecular weight is 207 g/mol. The molecule has 0 bridgehead atoms. The zero-order valence-corrected chi connectivity index (χ0v) is 9.86. The van der Waals surface area contributed by atoms with Crippen LogP contribution in [0.5, 0.6) is 0 Å². The second-order valence-corrected chi connectivity index (χ2v) is 4.33. The van der Waals surface area contributed by atoms with Crippen LogP contribution in [0.2, 0.25) is 0 Å². The maximum absolute atomic E-state index is 5.97. The standard InChI is InChI=1S/C13H21NO/c1-10(2)15-9-13(14)8-12-6-4-11(3)5-7-12/h4-7,10,13H,8-9,14H2,1-3H3. The van der Waals surface area contributed by atoms with E-state index in [1.54, 1.807) is 0 Å². The maximum Gasteiger partial charge on any atom is 0.0624 e. The molecule has 2 heteroatoms. The van der Waals surface area contributed by atoms with Gasteiger partial charge in [0.05, 0.1) is 12.7 Å². The molecular weight excluding hydrogens is 186 g/mol. The second kappa shape index (κ2) is 5.89. The van der Waals surface area contributed by atoms with E-state index in [0.29, 0.717) is 6.61 Å². The van der Waals surface area contributed by atoms with Gasteiger partial charge in [-0.3, -0.25) is 0 Å². The lowest BCUT2D eigenvalue weighted by Crippen LogP contribution is -2.30. The van der Waals surface area contributed by atoms with Gasteiger partial charge >= 0.3 is 0 Å². The summed E-state index contributed by atoms with van der Waals surface area (Å²) in [5, 5.41) is 0. The summed E-state index contributed by atoms with van der Waals surface area (Å²) < 4.78 is 5.47. The Morgan fingerprint density at radius 1 is 1.20 bits per heavy atom. The Kier molecular flexibility index (Phi) is 4.79. The fourth-order valence-electron chi connectivity index (χ4n) is 1.40. The van der Waals surface area contributed by atoms with E-state index in [-0.39, 0.29) is 12.1 Å². The van der Waals surface area contributed by atoms with Gasteiger partial charge in [0.2, 0.25) is 0 Å². The van der Waals surface area contributed by atoms with Crippen LogP contribution in [0, 0.1) is 6.92 Å². The number of benzene rings is 1. The third kappa shape index (κ3) is 4.96. The smallest absolute Gasteiger partial charge is 0.0624 e. The molecule has 0 saturated carbocycles. The van der Waals surface area contributed by atoms with E-state index >= 15 is 0 Å². The average Bonchev–Trinajstić information content (AvgIpc) is 2.19. The Morgan fingerprint density at radius 2 is 1.80 bits per heavy atom. The summed E-state index contributed by atoms with van der Waals surface area (Å²) in [4.78, 5) is 0. The molecule has 0 saturated heterocycles. The van der Waals surface area contributed by atoms with E-state index in [4.69, 9.17) is 10.5 Å². The highest BCUT2D eigenvalue weighted by Gasteiger charge is 2.05. The van der Waals surface area contributed by atoms with Gasteiger partial charge in [-0.05, 0) is 32.8 Å². The van der Waals surface area contributed by atoms with Crippen LogP contribution in [0.4, 0.5) is 0 Å². The Hall–Kier alpha value is -0.860. The molecule has 0 aliphatic carbocycles. The van der Waals surface area contributed by atoms with Crippen LogP contribution in [0.3, 0.4) is 0 Å². The molecule has 0 amide bonds. The maximum atomic E-state index is 5.97. The summed E-state index contributed by atoms with van der Waals surface area (Å²) in [6.45, 7) is 6.77. The Balaban J connectivity index is 2.37. The number of aryl methyl sites for hydroxylation is 1. The second-order valence-electron chi connectivity index (χ2n) is 4.33. The molecule has 0 aliphatic rings. The number of hydrogen-bond acceptors (Lipinski definition) is 2. The lowest BCUT2D eigenvalue weighted by molar-refractivity contribution is 0.0684. The monoisotopic (exact) mass is 207 g/mol. The minimum atomic E-state index is 0.0927. The van der Waals surface area contributed by atoms with Crippen molar-refractivity contribution in [1.29, 1.82) is 0 Å². The quantitative estimate of drug-likeness (QED) is 0.804. The molecule has 0 radical (unpaired) electrons. The molecule has 0 spiro atoms. The molecule has 1 rings (SSSR count). The van der Waals surface area contributed by atoms with Crippen molar-refractivity contribution in [1.82, 2.24) is 0 Å². The number of ether oxygens (including phenoxy) is 1. The van der Waals surface area contributed by atoms with Crippen LogP contribution in [0.25, 0.3) is 0 Å². The summed E-state index contributed by atoms with van der Waals surface area (Å²) in [6.07, 6.45) is 1.14. The predicted molar refractivity (Wildman–Crippen MR) is 63.9 cm³/mol. The van der Waals surface area contributed by atoms with Gasteiger partial charge in [-0.15, -0.1) is 0 Å². The van der Waals surface area contributed by atoms with Gasteiger partial charge in [0.15, 0.2) is 0 Å². The zero-order chi connectivity index (χ0) is 11.3. The molecule has 84 valence electrons. The molecule has 2 nitrogen and oxygen atoms in total. The summed E-state index contributed by atoms with van der Waals surface area (Å²) in [5.74, 6) is 0. The largest absolute Gasteiger partial charge is 0.377 e. The van der Waals surface area contributed by atoms with Crippen molar-refractivity contribution < 1.29 is 4.74 Å². The van der Waals surface area contributed by atoms with Gasteiger partial charge in [0.25, 0.3) is 0 Å². The fraction of sp³-hybridized carbons (Fsp3) is 0.538. The molecule has 1 unspecified atom stereocenters. The van der Waals surface area contributed by atoms with Gasteiger partial charge in [-0.1, -0.05) is 29.8 Å². The molecule has 2 N–H and O–H groups in total. The first kappa shape index (κ1) is 12.2. The van der Waals surface area contributed by atoms with Crippen LogP contribution >= 0.6 is 0 Å². The zero-order valence-electron chi connectivity index (χ0n) is 9.86. The van der Waals surface area contributed by atoms with Crippen LogP contribution in [0.1, 0.15) is 25.0 Å². The topological polar surface area (TPSA) is 35.2 Å². The Bertz CT molecular complexity index is 279. The van der Waals surface area contributed by atoms with E-state index in [1.165, 1.54) is 11.1 Å². The van der Waals surface area contributed by atoms with E-state index in [1.807, 2.05) is 13.8 Å². The number of nitrogens with two attached hydrogens (primary N) is 1. The Morgan fingerprint density at radius 3 is 2.33 bits per heavy atom. The SMILES string of the molecule is Cc1ccc(CC(N)COC(C)C)cc1. The van der Waals surface area contributed by atoms with E-state index in [0.717, 1.165) is 6.42 Å². The molecule has 1 aromatic rings. The molecular formula is C13H21NO. The van der Waals surface area contributed by atoms with Crippen LogP contribution in [-0.2, 0) is 11.2 Å². The first-order chi connectivity index (χ1) is 7.08. The fourth-order valence-corrected chi connectivity index (χ4v) is 1.40. The Labute approximate surface area is 92.4 Å². The van der Waals surface area contributed by atoms with Crippen molar-refractivity contribution in [2.45, 2.75) is 39.3 Å². The number of rotatable bonds is 5. The molecule has 0 aromatic heterocycles. The first-order valence-electron chi connectivity index (χ1n) is 5.50. The summed E-state index contributed by atoms with van der Waals surface area (Å²) in [6, 6.07) is 8.58. The predicted octanol–water partition coefficient (Wildman–Crippen LogP) is 2.29. The minimum Gasteiger partial charge on any atom is -0.377 e. The van der Waals surface area contributed by atoms with Crippen LogP contribution in [0.15, 0.2) is 24.3 Å². The van der Waals surface area contributed by atoms with Gasteiger partial charge in [-0.25, -0.2) is 0 Å². The highest BCUT2D eigenvalue weighted by Crippen LogP contribution is 2.05. The lowest BCUT2D eigenvalue weighted by Gasteiger charge is -2.14. The highest BCUT2D eigenvalue weighted by atomic mass is 16.5. The molecule has 15 heavy (non-hydrogen) atoms. The summed E-state index contributed by atoms with van der Waals surface area (Å²) >= 11 is 0. The van der Waals surface area contributed by atoms with Crippen molar-refractivity contribution in [2.24, 2.45) is 5.73 Å². The lowest BCUT2D eigenvalue weighted by atomic mass is 10.1. The van der Waals surface area contributed by atoms with Gasteiger partial charge in [0.1, 0.15) is 0 Å². The molecule has 0 aliphatic heterocycles. The third-order valence-corrected chi connectivity index (χ3v) is 2.26. The highest BCUT2D eigenvalue weighted by molar-refractivity contribution is 5.21. The minimum absolute atomic E-state index is 0.0927. The van der Waals surface area contributed by atoms with Gasteiger partial charge < -0.3 is 10.5 Å². The van der Waals surface area contributed by atoms with Gasteiger partial charge in [0, 0.05) is 6.04 Å². The summed E-state index contributed by atoms with van der Waals surface area (Å²) in [5.41, 5.74) is 8.53. The molecule has 1 aromatic carbocycles. The van der Waals surface area contributed by atoms with Crippen molar-refractivity contribution in [3.8, 4) is 0 Å². The van der Waals surface area contributed by atoms with Crippen molar-refractivity contribution in [3.05, 3.63) is 35.4 Å². The van der Waals surface area contributed by atoms with E-state index in [9.17, 15) is 0 Å². The molecule has 1 atom stereocenters. The molecule has 0 heterocycles. The van der Waals surface area contributed by atoms with Crippen molar-refractivity contribution >= 4 is 0 Å². The van der Waals surface area contributed by atoms with Gasteiger partial charge in [-0.2, -0.15) is 0 Å². The van der Waals surface area contributed by atoms with Crippen molar-refractivity contribution in [3.63, 3.8) is 0 Å². The third-order valence-electron chi connectivity index (χ3n) is 2.26. The first-order valence-corrected chi connectivity index (χ1v) is 5.50. The molecule has 0 fully saturated rings. The van der Waals surface area contributed by atoms with E-state index < -0.39 is 0 Å². The van der Waals surface area contributed by atoms with Crippen molar-refractivity contribution in [2.75, 3.05) is 6.61 Å². The summed E-state index contributed by atoms with van der Waals surface area (Å²) in [7, 11) is 0. The van der Waals surface area contributed by atoms with Crippen LogP contribution in [-0.4, -0.2) is 18.8 Å².